The molecule has 0 spiro atoms. The van der Waals surface area contributed by atoms with E-state index in [1.807, 2.05) is 26.8 Å². The molecule has 0 amide bonds. The number of hydrogen-bond donors (Lipinski definition) is 0. The molecule has 0 aliphatic carbocycles. The maximum Gasteiger partial charge on any atom is 0.150 e. The molecule has 0 N–H and O–H groups in total. The molecule has 2 aliphatic heterocycles. The number of carbonyl (C=O) groups excluding carboxylic acids is 1. The Morgan fingerprint density at radius 1 is 0.818 bits per heavy atom. The highest BCUT2D eigenvalue weighted by molar-refractivity contribution is 5.77. The molecular weight excluding hydrogens is 536 g/mol. The summed E-state index contributed by atoms with van der Waals surface area (Å²) < 4.78 is 0. The van der Waals surface area contributed by atoms with E-state index in [0.717, 1.165) is 23.3 Å². The lowest BCUT2D eigenvalue weighted by Crippen LogP contribution is -2.29. The summed E-state index contributed by atoms with van der Waals surface area (Å²) in [6.07, 6.45) is 6.07. The molecule has 0 saturated carbocycles. The molecule has 0 atom stereocenters. The number of rotatable bonds is 3. The minimum absolute atomic E-state index is 0.269. The number of hydrogen-bond acceptors (Lipinski definition) is 3. The van der Waals surface area contributed by atoms with Crippen molar-refractivity contribution >= 4 is 6.29 Å². The summed E-state index contributed by atoms with van der Waals surface area (Å²) in [5, 5.41) is 0. The second kappa shape index (κ2) is 21.5. The normalized spacial score (nSPS) is 15.9. The van der Waals surface area contributed by atoms with Crippen LogP contribution in [0.1, 0.15) is 152 Å². The molecule has 2 heterocycles. The van der Waals surface area contributed by atoms with E-state index in [1.165, 1.54) is 74.1 Å². The Balaban J connectivity index is 0.000000609. The van der Waals surface area contributed by atoms with Gasteiger partial charge in [0.2, 0.25) is 0 Å². The molecule has 4 rings (SSSR count). The Morgan fingerprint density at radius 3 is 1.75 bits per heavy atom. The van der Waals surface area contributed by atoms with Crippen molar-refractivity contribution in [1.82, 2.24) is 9.80 Å². The topological polar surface area (TPSA) is 23.6 Å². The first kappa shape index (κ1) is 41.8. The van der Waals surface area contributed by atoms with Crippen molar-refractivity contribution in [2.24, 2.45) is 0 Å². The monoisotopic (exact) mass is 607 g/mol. The number of piperidine rings is 1. The van der Waals surface area contributed by atoms with E-state index in [9.17, 15) is 4.79 Å². The Hall–Kier alpha value is -2.23. The maximum atomic E-state index is 10.7. The van der Waals surface area contributed by atoms with Crippen molar-refractivity contribution < 1.29 is 4.79 Å². The van der Waals surface area contributed by atoms with Gasteiger partial charge in [0.1, 0.15) is 6.29 Å². The number of likely N-dealkylation sites (tertiary alicyclic amines) is 1. The minimum Gasteiger partial charge on any atom is -0.306 e. The molecule has 0 aromatic heterocycles. The lowest BCUT2D eigenvalue weighted by Gasteiger charge is -2.29. The molecular formula is C41H70N2O. The van der Waals surface area contributed by atoms with Crippen molar-refractivity contribution in [3.05, 3.63) is 80.9 Å². The van der Waals surface area contributed by atoms with Gasteiger partial charge in [-0.2, -0.15) is 0 Å². The summed E-state index contributed by atoms with van der Waals surface area (Å²) in [5.41, 5.74) is 10.8. The number of carbonyl (C=O) groups is 1. The van der Waals surface area contributed by atoms with Crippen LogP contribution in [0.5, 0.6) is 0 Å². The first-order chi connectivity index (χ1) is 20.6. The van der Waals surface area contributed by atoms with Gasteiger partial charge in [-0.3, -0.25) is 4.79 Å². The van der Waals surface area contributed by atoms with Crippen LogP contribution in [0.15, 0.2) is 47.5 Å². The molecule has 44 heavy (non-hydrogen) atoms. The molecule has 0 unspecified atom stereocenters. The van der Waals surface area contributed by atoms with Crippen LogP contribution in [0.2, 0.25) is 0 Å². The molecule has 3 heteroatoms. The van der Waals surface area contributed by atoms with Crippen molar-refractivity contribution in [2.75, 3.05) is 40.3 Å². The van der Waals surface area contributed by atoms with Gasteiger partial charge in [0.25, 0.3) is 0 Å². The molecule has 0 bridgehead atoms. The molecule has 2 aromatic carbocycles. The summed E-state index contributed by atoms with van der Waals surface area (Å²) in [4.78, 5) is 15.5. The second-order valence-corrected chi connectivity index (χ2v) is 14.0. The Kier molecular flexibility index (Phi) is 20.4. The largest absolute Gasteiger partial charge is 0.306 e. The van der Waals surface area contributed by atoms with Crippen LogP contribution in [-0.2, 0) is 5.41 Å². The van der Waals surface area contributed by atoms with Crippen molar-refractivity contribution in [2.45, 2.75) is 133 Å². The Bertz CT molecular complexity index is 1100. The quantitative estimate of drug-likeness (QED) is 0.256. The minimum atomic E-state index is 0.269. The van der Waals surface area contributed by atoms with E-state index >= 15 is 0 Å². The third-order valence-electron chi connectivity index (χ3n) is 8.47. The standard InChI is InChI=1S/C16H25N.C12H16O.C8H15N.C3H8.C2H6/c1-16(2,3)15-7-5-13(6-8-15)14-9-11-17(4)12-10-14;1-8(2)12-6-11(7-13)9(3)5-10(12)4;1-7-4-5-9(3)6-8(7)2;1-3-2;1-2/h5-8,14H,9-12H2,1-4H3;5-8H,1-4H3;4-6H2,1-3H3;3H2,1-2H3;1-2H3. The number of aryl methyl sites for hydroxylation is 2. The predicted molar refractivity (Wildman–Crippen MR) is 198 cm³/mol. The van der Waals surface area contributed by atoms with Crippen molar-refractivity contribution in [1.29, 1.82) is 0 Å². The smallest absolute Gasteiger partial charge is 0.150 e. The van der Waals surface area contributed by atoms with Crippen LogP contribution in [0.4, 0.5) is 0 Å². The summed E-state index contributed by atoms with van der Waals surface area (Å²) >= 11 is 0. The summed E-state index contributed by atoms with van der Waals surface area (Å²) in [6.45, 7) is 32.8. The van der Waals surface area contributed by atoms with Crippen molar-refractivity contribution in [3.63, 3.8) is 0 Å². The van der Waals surface area contributed by atoms with E-state index in [-0.39, 0.29) is 5.41 Å². The van der Waals surface area contributed by atoms with Crippen LogP contribution in [-0.4, -0.2) is 56.4 Å². The molecule has 1 fully saturated rings. The fraction of sp³-hybridized carbons (Fsp3) is 0.634. The van der Waals surface area contributed by atoms with Gasteiger partial charge in [0, 0.05) is 18.7 Å². The molecule has 1 saturated heterocycles. The van der Waals surface area contributed by atoms with Gasteiger partial charge in [0.05, 0.1) is 0 Å². The zero-order valence-electron chi connectivity index (χ0n) is 31.7. The maximum absolute atomic E-state index is 10.7. The van der Waals surface area contributed by atoms with Gasteiger partial charge < -0.3 is 9.80 Å². The summed E-state index contributed by atoms with van der Waals surface area (Å²) in [5.74, 6) is 1.26. The number of aldehydes is 1. The number of nitrogens with zero attached hydrogens (tertiary/aromatic N) is 2. The second-order valence-electron chi connectivity index (χ2n) is 14.0. The van der Waals surface area contributed by atoms with Gasteiger partial charge in [-0.15, -0.1) is 0 Å². The molecule has 2 aromatic rings. The summed E-state index contributed by atoms with van der Waals surface area (Å²) in [6, 6.07) is 13.4. The molecule has 3 nitrogen and oxygen atoms in total. The van der Waals surface area contributed by atoms with Gasteiger partial charge in [0.15, 0.2) is 0 Å². The van der Waals surface area contributed by atoms with Crippen LogP contribution >= 0.6 is 0 Å². The van der Waals surface area contributed by atoms with E-state index < -0.39 is 0 Å². The first-order valence-corrected chi connectivity index (χ1v) is 17.3. The van der Waals surface area contributed by atoms with Gasteiger partial charge >= 0.3 is 0 Å². The summed E-state index contributed by atoms with van der Waals surface area (Å²) in [7, 11) is 4.40. The lowest BCUT2D eigenvalue weighted by molar-refractivity contribution is 0.112. The fourth-order valence-corrected chi connectivity index (χ4v) is 5.42. The highest BCUT2D eigenvalue weighted by atomic mass is 16.1. The highest BCUT2D eigenvalue weighted by Crippen LogP contribution is 2.30. The zero-order chi connectivity index (χ0) is 34.0. The molecule has 250 valence electrons. The average molecular weight is 607 g/mol. The SMILES string of the molecule is CC.CC1=C(C)CN(C)CC1.CCC.CN1CCC(c2ccc(C(C)(C)C)cc2)CC1.Cc1cc(C)c(C(C)C)cc1C=O. The van der Waals surface area contributed by atoms with E-state index in [2.05, 4.69) is 123 Å². The lowest BCUT2D eigenvalue weighted by atomic mass is 9.84. The molecule has 0 radical (unpaired) electrons. The third-order valence-corrected chi connectivity index (χ3v) is 8.47. The van der Waals surface area contributed by atoms with Crippen LogP contribution in [0.3, 0.4) is 0 Å². The van der Waals surface area contributed by atoms with Gasteiger partial charge in [-0.25, -0.2) is 0 Å². The number of likely N-dealkylation sites (N-methyl/N-ethyl adjacent to an activating group) is 1. The zero-order valence-corrected chi connectivity index (χ0v) is 31.7. The molecule has 2 aliphatic rings. The Labute approximate surface area is 274 Å². The van der Waals surface area contributed by atoms with Crippen LogP contribution in [0.25, 0.3) is 0 Å². The number of benzene rings is 2. The van der Waals surface area contributed by atoms with Gasteiger partial charge in [-0.05, 0) is 125 Å². The first-order valence-electron chi connectivity index (χ1n) is 17.3. The highest BCUT2D eigenvalue weighted by Gasteiger charge is 2.19. The third kappa shape index (κ3) is 15.2. The fourth-order valence-electron chi connectivity index (χ4n) is 5.42. The van der Waals surface area contributed by atoms with Crippen LogP contribution in [0, 0.1) is 13.8 Å². The van der Waals surface area contributed by atoms with E-state index in [4.69, 9.17) is 0 Å². The van der Waals surface area contributed by atoms with Crippen molar-refractivity contribution in [3.8, 4) is 0 Å². The van der Waals surface area contributed by atoms with E-state index in [1.54, 1.807) is 11.1 Å². The van der Waals surface area contributed by atoms with E-state index in [0.29, 0.717) is 5.92 Å². The Morgan fingerprint density at radius 2 is 1.34 bits per heavy atom. The van der Waals surface area contributed by atoms with Crippen LogP contribution < -0.4 is 0 Å². The predicted octanol–water partition coefficient (Wildman–Crippen LogP) is 11.1. The average Bonchev–Trinajstić information content (AvgIpc) is 2.97. The van der Waals surface area contributed by atoms with Gasteiger partial charge in [-0.1, -0.05) is 110 Å².